The van der Waals surface area contributed by atoms with E-state index in [2.05, 4.69) is 17.1 Å². The van der Waals surface area contributed by atoms with Crippen LogP contribution in [-0.4, -0.2) is 61.3 Å². The standard InChI is InChI=1S/C23H42N2O4/c1-2-3-4-5-6-7-8-9-10-11-13-21(23(27)28)20-22(26)24-14-12-15-25-16-18-29-19-17-25/h13H,2-12,14-20H2,1H3,(H,24,26)(H,27,28)/b21-13+. The molecule has 1 aliphatic heterocycles. The van der Waals surface area contributed by atoms with Gasteiger partial charge < -0.3 is 15.2 Å². The van der Waals surface area contributed by atoms with Gasteiger partial charge in [0.05, 0.1) is 19.6 Å². The molecule has 0 unspecified atom stereocenters. The van der Waals surface area contributed by atoms with E-state index < -0.39 is 5.97 Å². The van der Waals surface area contributed by atoms with Crippen LogP contribution in [0.15, 0.2) is 11.6 Å². The number of carboxylic acids is 1. The Morgan fingerprint density at radius 3 is 2.21 bits per heavy atom. The lowest BCUT2D eigenvalue weighted by Crippen LogP contribution is -2.38. The zero-order valence-electron chi connectivity index (χ0n) is 18.4. The van der Waals surface area contributed by atoms with E-state index in [1.807, 2.05) is 0 Å². The number of unbranched alkanes of at least 4 members (excludes halogenated alkanes) is 9. The summed E-state index contributed by atoms with van der Waals surface area (Å²) in [5.74, 6) is -1.18. The Morgan fingerprint density at radius 2 is 1.59 bits per heavy atom. The van der Waals surface area contributed by atoms with Crippen LogP contribution >= 0.6 is 0 Å². The van der Waals surface area contributed by atoms with E-state index >= 15 is 0 Å². The highest BCUT2D eigenvalue weighted by Gasteiger charge is 2.13. The third-order valence-corrected chi connectivity index (χ3v) is 5.40. The predicted octanol–water partition coefficient (Wildman–Crippen LogP) is 4.15. The molecule has 0 saturated carbocycles. The lowest BCUT2D eigenvalue weighted by molar-refractivity contribution is -0.134. The molecule has 1 saturated heterocycles. The summed E-state index contributed by atoms with van der Waals surface area (Å²) >= 11 is 0. The van der Waals surface area contributed by atoms with Crippen molar-refractivity contribution < 1.29 is 19.4 Å². The van der Waals surface area contributed by atoms with Crippen molar-refractivity contribution in [3.8, 4) is 0 Å². The van der Waals surface area contributed by atoms with Crippen LogP contribution in [0.2, 0.25) is 0 Å². The Hall–Kier alpha value is -1.40. The number of ether oxygens (including phenoxy) is 1. The van der Waals surface area contributed by atoms with Crippen molar-refractivity contribution in [2.45, 2.75) is 84.0 Å². The minimum absolute atomic E-state index is 0.0374. The molecule has 1 amide bonds. The van der Waals surface area contributed by atoms with Gasteiger partial charge in [-0.15, -0.1) is 0 Å². The lowest BCUT2D eigenvalue weighted by Gasteiger charge is -2.26. The molecule has 0 spiro atoms. The molecular weight excluding hydrogens is 368 g/mol. The van der Waals surface area contributed by atoms with Crippen LogP contribution in [0, 0.1) is 0 Å². The Bertz CT molecular complexity index is 473. The Morgan fingerprint density at radius 1 is 0.966 bits per heavy atom. The number of nitrogens with zero attached hydrogens (tertiary/aromatic N) is 1. The maximum absolute atomic E-state index is 12.0. The smallest absolute Gasteiger partial charge is 0.331 e. The molecule has 168 valence electrons. The second-order valence-corrected chi connectivity index (χ2v) is 7.99. The SMILES string of the molecule is CCCCCCCCCCC/C=C(\CC(=O)NCCCN1CCOCC1)C(=O)O. The molecule has 0 radical (unpaired) electrons. The molecule has 29 heavy (non-hydrogen) atoms. The van der Waals surface area contributed by atoms with Gasteiger partial charge in [-0.1, -0.05) is 64.4 Å². The summed E-state index contributed by atoms with van der Waals surface area (Å²) in [5.41, 5.74) is 0.218. The van der Waals surface area contributed by atoms with Crippen molar-refractivity contribution in [3.63, 3.8) is 0 Å². The van der Waals surface area contributed by atoms with E-state index in [-0.39, 0.29) is 17.9 Å². The predicted molar refractivity (Wildman–Crippen MR) is 117 cm³/mol. The number of rotatable bonds is 17. The molecule has 1 fully saturated rings. The van der Waals surface area contributed by atoms with E-state index in [9.17, 15) is 14.7 Å². The maximum atomic E-state index is 12.0. The second-order valence-electron chi connectivity index (χ2n) is 7.99. The molecule has 0 aromatic heterocycles. The molecule has 0 aliphatic carbocycles. The third kappa shape index (κ3) is 14.3. The highest BCUT2D eigenvalue weighted by atomic mass is 16.5. The van der Waals surface area contributed by atoms with Gasteiger partial charge in [0.2, 0.25) is 5.91 Å². The van der Waals surface area contributed by atoms with Gasteiger partial charge in [0.25, 0.3) is 0 Å². The van der Waals surface area contributed by atoms with Crippen molar-refractivity contribution in [1.29, 1.82) is 0 Å². The number of aliphatic carboxylic acids is 1. The summed E-state index contributed by atoms with van der Waals surface area (Å²) in [4.78, 5) is 25.8. The first-order valence-electron chi connectivity index (χ1n) is 11.6. The Labute approximate surface area is 177 Å². The lowest BCUT2D eigenvalue weighted by atomic mass is 10.0. The number of hydrogen-bond donors (Lipinski definition) is 2. The Kier molecular flexibility index (Phi) is 15.4. The average Bonchev–Trinajstić information content (AvgIpc) is 2.72. The quantitative estimate of drug-likeness (QED) is 0.278. The molecule has 1 aliphatic rings. The van der Waals surface area contributed by atoms with Crippen LogP contribution in [0.3, 0.4) is 0 Å². The largest absolute Gasteiger partial charge is 0.478 e. The van der Waals surface area contributed by atoms with Crippen LogP contribution in [0.4, 0.5) is 0 Å². The Balaban J connectivity index is 2.09. The molecule has 0 aromatic rings. The number of morpholine rings is 1. The molecule has 0 aromatic carbocycles. The number of hydrogen-bond acceptors (Lipinski definition) is 4. The number of allylic oxidation sites excluding steroid dienone is 1. The van der Waals surface area contributed by atoms with Gasteiger partial charge in [-0.25, -0.2) is 4.79 Å². The summed E-state index contributed by atoms with van der Waals surface area (Å²) in [5, 5.41) is 12.2. The fourth-order valence-corrected chi connectivity index (χ4v) is 3.56. The van der Waals surface area contributed by atoms with E-state index in [0.29, 0.717) is 6.54 Å². The zero-order chi connectivity index (χ0) is 21.2. The number of carboxylic acid groups (broad SMARTS) is 1. The van der Waals surface area contributed by atoms with Gasteiger partial charge in [0, 0.05) is 25.2 Å². The maximum Gasteiger partial charge on any atom is 0.331 e. The van der Waals surface area contributed by atoms with E-state index in [0.717, 1.165) is 58.5 Å². The van der Waals surface area contributed by atoms with Crippen molar-refractivity contribution in [1.82, 2.24) is 10.2 Å². The van der Waals surface area contributed by atoms with Gasteiger partial charge in [-0.2, -0.15) is 0 Å². The first-order chi connectivity index (χ1) is 14.1. The molecular formula is C23H42N2O4. The minimum Gasteiger partial charge on any atom is -0.478 e. The molecule has 2 N–H and O–H groups in total. The number of carbonyl (C=O) groups is 2. The fourth-order valence-electron chi connectivity index (χ4n) is 3.56. The van der Waals surface area contributed by atoms with Crippen molar-refractivity contribution in [2.24, 2.45) is 0 Å². The summed E-state index contributed by atoms with van der Waals surface area (Å²) in [6, 6.07) is 0. The molecule has 6 heteroatoms. The summed E-state index contributed by atoms with van der Waals surface area (Å²) in [6.45, 7) is 7.19. The molecule has 1 rings (SSSR count). The summed E-state index contributed by atoms with van der Waals surface area (Å²) in [7, 11) is 0. The van der Waals surface area contributed by atoms with Crippen LogP contribution in [0.1, 0.15) is 84.0 Å². The number of amides is 1. The van der Waals surface area contributed by atoms with Crippen molar-refractivity contribution in [2.75, 3.05) is 39.4 Å². The third-order valence-electron chi connectivity index (χ3n) is 5.40. The van der Waals surface area contributed by atoms with Crippen LogP contribution in [0.5, 0.6) is 0 Å². The van der Waals surface area contributed by atoms with E-state index in [1.54, 1.807) is 6.08 Å². The van der Waals surface area contributed by atoms with E-state index in [1.165, 1.54) is 44.9 Å². The minimum atomic E-state index is -0.982. The van der Waals surface area contributed by atoms with Gasteiger partial charge in [0.1, 0.15) is 0 Å². The first kappa shape index (κ1) is 25.6. The number of nitrogens with one attached hydrogen (secondary N) is 1. The zero-order valence-corrected chi connectivity index (χ0v) is 18.4. The second kappa shape index (κ2) is 17.5. The van der Waals surface area contributed by atoms with Crippen molar-refractivity contribution >= 4 is 11.9 Å². The summed E-state index contributed by atoms with van der Waals surface area (Å²) < 4.78 is 5.31. The number of carbonyl (C=O) groups excluding carboxylic acids is 1. The van der Waals surface area contributed by atoms with Crippen LogP contribution in [-0.2, 0) is 14.3 Å². The molecule has 6 nitrogen and oxygen atoms in total. The van der Waals surface area contributed by atoms with Crippen LogP contribution in [0.25, 0.3) is 0 Å². The normalized spacial score (nSPS) is 15.4. The highest BCUT2D eigenvalue weighted by Crippen LogP contribution is 2.12. The topological polar surface area (TPSA) is 78.9 Å². The molecule has 0 bridgehead atoms. The van der Waals surface area contributed by atoms with Crippen LogP contribution < -0.4 is 5.32 Å². The van der Waals surface area contributed by atoms with Crippen molar-refractivity contribution in [3.05, 3.63) is 11.6 Å². The average molecular weight is 411 g/mol. The highest BCUT2D eigenvalue weighted by molar-refractivity contribution is 5.93. The van der Waals surface area contributed by atoms with E-state index in [4.69, 9.17) is 4.74 Å². The van der Waals surface area contributed by atoms with Gasteiger partial charge in [-0.05, 0) is 25.8 Å². The molecule has 1 heterocycles. The first-order valence-corrected chi connectivity index (χ1v) is 11.6. The fraction of sp³-hybridized carbons (Fsp3) is 0.826. The van der Waals surface area contributed by atoms with Gasteiger partial charge >= 0.3 is 5.97 Å². The van der Waals surface area contributed by atoms with Gasteiger partial charge in [0.15, 0.2) is 0 Å². The molecule has 0 atom stereocenters. The summed E-state index contributed by atoms with van der Waals surface area (Å²) in [6.07, 6.45) is 14.5. The monoisotopic (exact) mass is 410 g/mol. The van der Waals surface area contributed by atoms with Gasteiger partial charge in [-0.3, -0.25) is 9.69 Å².